The number of nitrogens with one attached hydrogen (secondary N) is 2. The molecule has 31 heavy (non-hydrogen) atoms. The van der Waals surface area contributed by atoms with Gasteiger partial charge in [-0.1, -0.05) is 18.6 Å². The molecule has 2 aromatic rings. The number of fused-ring (bicyclic) bond motifs is 1. The standard InChI is InChI=1S/C25H33FN4O/c26-17-18-6-4-8-20(14-18)28-23-9-5-7-19-15-24(22(27)16-21(19)23)29-25(31)10-13-30-11-2-1-3-12-30/h4,6,8,14-16,23,28H,1-3,5,7,9-13,17,27H2,(H,29,31). The highest BCUT2D eigenvalue weighted by molar-refractivity contribution is 5.94. The lowest BCUT2D eigenvalue weighted by atomic mass is 9.86. The van der Waals surface area contributed by atoms with Crippen LogP contribution < -0.4 is 16.4 Å². The Hall–Kier alpha value is -2.60. The number of carbonyl (C=O) groups excluding carboxylic acids is 1. The Morgan fingerprint density at radius 3 is 2.77 bits per heavy atom. The van der Waals surface area contributed by atoms with Crippen LogP contribution in [0.3, 0.4) is 0 Å². The Labute approximate surface area is 184 Å². The molecule has 0 spiro atoms. The zero-order chi connectivity index (χ0) is 21.6. The summed E-state index contributed by atoms with van der Waals surface area (Å²) >= 11 is 0. The van der Waals surface area contributed by atoms with Crippen LogP contribution >= 0.6 is 0 Å². The van der Waals surface area contributed by atoms with E-state index in [4.69, 9.17) is 5.73 Å². The molecule has 0 saturated carbocycles. The molecule has 166 valence electrons. The summed E-state index contributed by atoms with van der Waals surface area (Å²) in [5, 5.41) is 6.57. The third-order valence-corrected chi connectivity index (χ3v) is 6.43. The molecule has 6 heteroatoms. The van der Waals surface area contributed by atoms with E-state index < -0.39 is 6.67 Å². The first-order chi connectivity index (χ1) is 15.1. The van der Waals surface area contributed by atoms with E-state index in [1.54, 1.807) is 6.07 Å². The van der Waals surface area contributed by atoms with Crippen LogP contribution in [0, 0.1) is 0 Å². The van der Waals surface area contributed by atoms with E-state index in [0.717, 1.165) is 44.6 Å². The average Bonchev–Trinajstić information content (AvgIpc) is 2.79. The molecule has 1 aliphatic carbocycles. The van der Waals surface area contributed by atoms with E-state index in [9.17, 15) is 9.18 Å². The molecule has 1 heterocycles. The van der Waals surface area contributed by atoms with Gasteiger partial charge in [-0.15, -0.1) is 0 Å². The van der Waals surface area contributed by atoms with Crippen LogP contribution in [0.25, 0.3) is 0 Å². The fraction of sp³-hybridized carbons (Fsp3) is 0.480. The Balaban J connectivity index is 1.42. The summed E-state index contributed by atoms with van der Waals surface area (Å²) in [7, 11) is 0. The molecule has 1 fully saturated rings. The number of carbonyl (C=O) groups is 1. The van der Waals surface area contributed by atoms with Gasteiger partial charge in [-0.05, 0) is 86.1 Å². The summed E-state index contributed by atoms with van der Waals surface area (Å²) in [6.07, 6.45) is 7.26. The molecule has 2 aromatic carbocycles. The number of nitrogens with zero attached hydrogens (tertiary/aromatic N) is 1. The molecule has 4 rings (SSSR count). The third-order valence-electron chi connectivity index (χ3n) is 6.43. The molecule has 0 radical (unpaired) electrons. The molecular weight excluding hydrogens is 391 g/mol. The second-order valence-electron chi connectivity index (χ2n) is 8.76. The monoisotopic (exact) mass is 424 g/mol. The highest BCUT2D eigenvalue weighted by atomic mass is 19.1. The van der Waals surface area contributed by atoms with Gasteiger partial charge in [0, 0.05) is 18.7 Å². The Bertz CT molecular complexity index is 910. The quantitative estimate of drug-likeness (QED) is 0.545. The molecule has 0 aromatic heterocycles. The zero-order valence-corrected chi connectivity index (χ0v) is 18.1. The van der Waals surface area contributed by atoms with Crippen molar-refractivity contribution in [3.63, 3.8) is 0 Å². The van der Waals surface area contributed by atoms with Crippen molar-refractivity contribution in [3.8, 4) is 0 Å². The van der Waals surface area contributed by atoms with E-state index >= 15 is 0 Å². The molecule has 1 aliphatic heterocycles. The third kappa shape index (κ3) is 5.56. The first-order valence-electron chi connectivity index (χ1n) is 11.5. The fourth-order valence-electron chi connectivity index (χ4n) is 4.73. The summed E-state index contributed by atoms with van der Waals surface area (Å²) in [5.74, 6) is 0.0192. The number of likely N-dealkylation sites (tertiary alicyclic amines) is 1. The summed E-state index contributed by atoms with van der Waals surface area (Å²) < 4.78 is 13.0. The summed E-state index contributed by atoms with van der Waals surface area (Å²) in [4.78, 5) is 14.9. The van der Waals surface area contributed by atoms with Crippen LogP contribution in [0.15, 0.2) is 36.4 Å². The number of nitrogen functional groups attached to an aromatic ring is 1. The van der Waals surface area contributed by atoms with Crippen molar-refractivity contribution in [1.82, 2.24) is 4.90 Å². The van der Waals surface area contributed by atoms with Crippen molar-refractivity contribution in [2.75, 3.05) is 36.0 Å². The van der Waals surface area contributed by atoms with Crippen molar-refractivity contribution < 1.29 is 9.18 Å². The minimum Gasteiger partial charge on any atom is -0.397 e. The fourth-order valence-corrected chi connectivity index (χ4v) is 4.73. The minimum absolute atomic E-state index is 0.0192. The molecule has 2 aliphatic rings. The number of halogens is 1. The SMILES string of the molecule is Nc1cc2c(cc1NC(=O)CCN1CCCCC1)CCCC2Nc1cccc(CF)c1. The molecule has 5 nitrogen and oxygen atoms in total. The normalized spacial score (nSPS) is 18.9. The lowest BCUT2D eigenvalue weighted by Gasteiger charge is -2.29. The van der Waals surface area contributed by atoms with Gasteiger partial charge in [0.25, 0.3) is 0 Å². The van der Waals surface area contributed by atoms with Gasteiger partial charge in [-0.2, -0.15) is 0 Å². The Morgan fingerprint density at radius 1 is 1.13 bits per heavy atom. The van der Waals surface area contributed by atoms with E-state index in [0.29, 0.717) is 23.4 Å². The second-order valence-corrected chi connectivity index (χ2v) is 8.76. The highest BCUT2D eigenvalue weighted by Gasteiger charge is 2.22. The maximum absolute atomic E-state index is 13.0. The number of hydrogen-bond donors (Lipinski definition) is 3. The first-order valence-corrected chi connectivity index (χ1v) is 11.5. The first kappa shape index (κ1) is 21.6. The van der Waals surface area contributed by atoms with Crippen molar-refractivity contribution in [2.45, 2.75) is 57.7 Å². The lowest BCUT2D eigenvalue weighted by Crippen LogP contribution is -2.32. The van der Waals surface area contributed by atoms with Crippen molar-refractivity contribution >= 4 is 23.0 Å². The van der Waals surface area contributed by atoms with E-state index in [-0.39, 0.29) is 11.9 Å². The number of alkyl halides is 1. The number of piperidine rings is 1. The molecule has 1 saturated heterocycles. The molecule has 1 amide bonds. The number of hydrogen-bond acceptors (Lipinski definition) is 4. The van der Waals surface area contributed by atoms with E-state index in [2.05, 4.69) is 15.5 Å². The smallest absolute Gasteiger partial charge is 0.225 e. The summed E-state index contributed by atoms with van der Waals surface area (Å²) in [6.45, 7) is 2.53. The molecule has 1 atom stereocenters. The van der Waals surface area contributed by atoms with E-state index in [1.165, 1.54) is 30.4 Å². The van der Waals surface area contributed by atoms with Gasteiger partial charge in [-0.3, -0.25) is 4.79 Å². The van der Waals surface area contributed by atoms with E-state index in [1.807, 2.05) is 30.3 Å². The van der Waals surface area contributed by atoms with Gasteiger partial charge in [0.15, 0.2) is 0 Å². The second kappa shape index (κ2) is 10.1. The Morgan fingerprint density at radius 2 is 1.97 bits per heavy atom. The van der Waals surface area contributed by atoms with Crippen LogP contribution in [0.5, 0.6) is 0 Å². The molecule has 4 N–H and O–H groups in total. The van der Waals surface area contributed by atoms with Crippen LogP contribution in [-0.4, -0.2) is 30.4 Å². The van der Waals surface area contributed by atoms with Crippen molar-refractivity contribution in [3.05, 3.63) is 53.1 Å². The number of benzene rings is 2. The average molecular weight is 425 g/mol. The highest BCUT2D eigenvalue weighted by Crippen LogP contribution is 2.37. The Kier molecular flexibility index (Phi) is 7.07. The maximum atomic E-state index is 13.0. The van der Waals surface area contributed by atoms with Crippen LogP contribution in [0.2, 0.25) is 0 Å². The van der Waals surface area contributed by atoms with Gasteiger partial charge < -0.3 is 21.3 Å². The molecular formula is C25H33FN4O. The van der Waals surface area contributed by atoms with Crippen LogP contribution in [0.1, 0.15) is 61.3 Å². The summed E-state index contributed by atoms with van der Waals surface area (Å²) in [5.41, 5.74) is 11.6. The largest absolute Gasteiger partial charge is 0.397 e. The van der Waals surface area contributed by atoms with Gasteiger partial charge in [-0.25, -0.2) is 4.39 Å². The predicted molar refractivity (Wildman–Crippen MR) is 125 cm³/mol. The van der Waals surface area contributed by atoms with Crippen molar-refractivity contribution in [2.24, 2.45) is 0 Å². The number of rotatable bonds is 7. The van der Waals surface area contributed by atoms with Gasteiger partial charge in [0.1, 0.15) is 6.67 Å². The van der Waals surface area contributed by atoms with Crippen LogP contribution in [-0.2, 0) is 17.9 Å². The zero-order valence-electron chi connectivity index (χ0n) is 18.1. The van der Waals surface area contributed by atoms with Crippen molar-refractivity contribution in [1.29, 1.82) is 0 Å². The number of aryl methyl sites for hydroxylation is 1. The number of nitrogens with two attached hydrogens (primary N) is 1. The predicted octanol–water partition coefficient (Wildman–Crippen LogP) is 5.04. The number of anilines is 3. The molecule has 1 unspecified atom stereocenters. The minimum atomic E-state index is -0.468. The van der Waals surface area contributed by atoms with Crippen LogP contribution in [0.4, 0.5) is 21.5 Å². The van der Waals surface area contributed by atoms with Gasteiger partial charge in [0.05, 0.1) is 17.4 Å². The van der Waals surface area contributed by atoms with Gasteiger partial charge >= 0.3 is 0 Å². The molecule has 0 bridgehead atoms. The lowest BCUT2D eigenvalue weighted by molar-refractivity contribution is -0.116. The maximum Gasteiger partial charge on any atom is 0.225 e. The topological polar surface area (TPSA) is 70.4 Å². The summed E-state index contributed by atoms with van der Waals surface area (Å²) in [6, 6.07) is 11.6. The van der Waals surface area contributed by atoms with Gasteiger partial charge in [0.2, 0.25) is 5.91 Å². The number of amides is 1.